The van der Waals surface area contributed by atoms with Gasteiger partial charge in [-0.1, -0.05) is 42.1 Å². The second-order valence-electron chi connectivity index (χ2n) is 5.18. The third kappa shape index (κ3) is 2.53. The topological polar surface area (TPSA) is 53.9 Å². The number of esters is 1. The Hall–Kier alpha value is -2.12. The fraction of sp³-hybridized carbons (Fsp3) is 0.176. The van der Waals surface area contributed by atoms with Gasteiger partial charge in [0.2, 0.25) is 9.37 Å². The van der Waals surface area contributed by atoms with Crippen LogP contribution >= 0.6 is 23.5 Å². The summed E-state index contributed by atoms with van der Waals surface area (Å²) >= 11 is 3.03. The quantitative estimate of drug-likeness (QED) is 0.840. The molecule has 2 aromatic rings. The first-order chi connectivity index (χ1) is 11.7. The van der Waals surface area contributed by atoms with Crippen molar-refractivity contribution in [3.63, 3.8) is 0 Å². The van der Waals surface area contributed by atoms with Crippen LogP contribution in [0.2, 0.25) is 0 Å². The van der Waals surface area contributed by atoms with Gasteiger partial charge in [-0.2, -0.15) is 5.10 Å². The first kappa shape index (κ1) is 15.4. The Morgan fingerprint density at radius 3 is 2.67 bits per heavy atom. The molecule has 1 unspecified atom stereocenters. The maximum absolute atomic E-state index is 12.2. The molecule has 122 valence electrons. The molecule has 24 heavy (non-hydrogen) atoms. The van der Waals surface area contributed by atoms with Gasteiger partial charge in [0, 0.05) is 4.90 Å². The van der Waals surface area contributed by atoms with Crippen molar-refractivity contribution in [2.75, 3.05) is 16.9 Å². The molecule has 0 fully saturated rings. The molecule has 2 aliphatic rings. The van der Waals surface area contributed by atoms with Gasteiger partial charge in [0.15, 0.2) is 0 Å². The van der Waals surface area contributed by atoms with Crippen LogP contribution in [0.3, 0.4) is 0 Å². The lowest BCUT2D eigenvalue weighted by Crippen LogP contribution is -2.41. The zero-order valence-corrected chi connectivity index (χ0v) is 14.6. The number of nitrogens with zero attached hydrogens (tertiary/aromatic N) is 2. The molecule has 1 atom stereocenters. The molecule has 0 amide bonds. The number of carbonyl (C=O) groups is 1. The molecule has 0 saturated heterocycles. The largest absolute Gasteiger partial charge is 0.461 e. The number of thioether (sulfide) groups is 2. The first-order valence-electron chi connectivity index (χ1n) is 7.58. The molecule has 0 aliphatic carbocycles. The van der Waals surface area contributed by atoms with Gasteiger partial charge in [-0.15, -0.1) is 0 Å². The number of rotatable bonds is 3. The van der Waals surface area contributed by atoms with Crippen molar-refractivity contribution in [1.29, 1.82) is 0 Å². The van der Waals surface area contributed by atoms with E-state index in [2.05, 4.69) is 16.5 Å². The van der Waals surface area contributed by atoms with Crippen LogP contribution in [-0.2, 0) is 9.53 Å². The molecule has 2 aromatic carbocycles. The van der Waals surface area contributed by atoms with Crippen LogP contribution in [0.5, 0.6) is 0 Å². The van der Waals surface area contributed by atoms with Crippen LogP contribution in [0.1, 0.15) is 6.92 Å². The highest BCUT2D eigenvalue weighted by atomic mass is 32.2. The van der Waals surface area contributed by atoms with E-state index < -0.39 is 10.3 Å². The Morgan fingerprint density at radius 1 is 1.17 bits per heavy atom. The van der Waals surface area contributed by atoms with Crippen molar-refractivity contribution in [2.45, 2.75) is 16.1 Å². The van der Waals surface area contributed by atoms with Crippen molar-refractivity contribution in [3.05, 3.63) is 54.6 Å². The van der Waals surface area contributed by atoms with E-state index in [-0.39, 0.29) is 0 Å². The molecule has 1 spiro atoms. The van der Waals surface area contributed by atoms with Gasteiger partial charge in [0.25, 0.3) is 0 Å². The molecular formula is C17H15N3O2S2. The zero-order valence-electron chi connectivity index (χ0n) is 12.9. The maximum atomic E-state index is 12.2. The molecular weight excluding hydrogens is 342 g/mol. The van der Waals surface area contributed by atoms with Crippen molar-refractivity contribution >= 4 is 45.9 Å². The van der Waals surface area contributed by atoms with Gasteiger partial charge in [0.05, 0.1) is 18.0 Å². The number of hydrogen-bond acceptors (Lipinski definition) is 7. The highest BCUT2D eigenvalue weighted by molar-refractivity contribution is 8.27. The molecule has 0 saturated carbocycles. The molecule has 7 heteroatoms. The van der Waals surface area contributed by atoms with Crippen LogP contribution in [0, 0.1) is 0 Å². The number of ether oxygens (including phenoxy) is 1. The summed E-state index contributed by atoms with van der Waals surface area (Å²) in [5.41, 5.74) is 1.95. The smallest absolute Gasteiger partial charge is 0.365 e. The van der Waals surface area contributed by atoms with Gasteiger partial charge < -0.3 is 10.1 Å². The SMILES string of the molecule is CCOC(=O)C1=NN(c2ccccc2)C2(Nc3ccccc3S2)S1. The number of anilines is 2. The van der Waals surface area contributed by atoms with Crippen LogP contribution in [0.4, 0.5) is 11.4 Å². The summed E-state index contributed by atoms with van der Waals surface area (Å²) in [5, 5.41) is 10.3. The third-order valence-corrected chi connectivity index (χ3v) is 6.20. The average molecular weight is 357 g/mol. The van der Waals surface area contributed by atoms with E-state index in [0.29, 0.717) is 11.7 Å². The lowest BCUT2D eigenvalue weighted by Gasteiger charge is -2.32. The van der Waals surface area contributed by atoms with E-state index >= 15 is 0 Å². The van der Waals surface area contributed by atoms with Gasteiger partial charge in [-0.3, -0.25) is 0 Å². The standard InChI is InChI=1S/C17H15N3O2S2/c1-2-22-16(21)15-19-20(12-8-4-3-5-9-12)17(24-15)18-13-10-6-7-11-14(13)23-17/h3-11,18H,2H2,1H3. The summed E-state index contributed by atoms with van der Waals surface area (Å²) in [6.45, 7) is 2.12. The van der Waals surface area contributed by atoms with Crippen LogP contribution in [0.25, 0.3) is 0 Å². The Morgan fingerprint density at radius 2 is 1.92 bits per heavy atom. The van der Waals surface area contributed by atoms with Crippen molar-refractivity contribution in [2.24, 2.45) is 5.10 Å². The highest BCUT2D eigenvalue weighted by Crippen LogP contribution is 2.56. The van der Waals surface area contributed by atoms with E-state index in [0.717, 1.165) is 16.3 Å². The third-order valence-electron chi connectivity index (χ3n) is 3.58. The number of nitrogens with one attached hydrogen (secondary N) is 1. The number of para-hydroxylation sites is 2. The summed E-state index contributed by atoms with van der Waals surface area (Å²) in [4.78, 5) is 13.3. The number of hydrogen-bond donors (Lipinski definition) is 1. The Bertz CT molecular complexity index is 785. The normalized spacial score (nSPS) is 21.4. The predicted octanol–water partition coefficient (Wildman–Crippen LogP) is 3.95. The van der Waals surface area contributed by atoms with Gasteiger partial charge >= 0.3 is 5.97 Å². The lowest BCUT2D eigenvalue weighted by atomic mass is 10.3. The summed E-state index contributed by atoms with van der Waals surface area (Å²) in [6, 6.07) is 17.9. The van der Waals surface area contributed by atoms with E-state index in [1.54, 1.807) is 18.7 Å². The van der Waals surface area contributed by atoms with Crippen molar-refractivity contribution < 1.29 is 9.53 Å². The molecule has 1 N–H and O–H groups in total. The molecule has 2 aliphatic heterocycles. The van der Waals surface area contributed by atoms with Crippen molar-refractivity contribution in [3.8, 4) is 0 Å². The summed E-state index contributed by atoms with van der Waals surface area (Å²) in [7, 11) is 0. The van der Waals surface area contributed by atoms with E-state index in [4.69, 9.17) is 4.74 Å². The number of carbonyl (C=O) groups excluding carboxylic acids is 1. The monoisotopic (exact) mass is 357 g/mol. The molecule has 5 nitrogen and oxygen atoms in total. The van der Waals surface area contributed by atoms with E-state index in [1.807, 2.05) is 53.5 Å². The Balaban J connectivity index is 1.73. The molecule has 2 heterocycles. The van der Waals surface area contributed by atoms with Crippen LogP contribution in [-0.4, -0.2) is 21.9 Å². The number of hydrazone groups is 1. The first-order valence-corrected chi connectivity index (χ1v) is 9.21. The summed E-state index contributed by atoms with van der Waals surface area (Å²) < 4.78 is 4.52. The minimum atomic E-state index is -0.618. The van der Waals surface area contributed by atoms with Gasteiger partial charge in [-0.25, -0.2) is 9.80 Å². The predicted molar refractivity (Wildman–Crippen MR) is 99.2 cm³/mol. The Labute approximate surface area is 148 Å². The fourth-order valence-corrected chi connectivity index (χ4v) is 5.23. The van der Waals surface area contributed by atoms with E-state index in [9.17, 15) is 4.79 Å². The number of fused-ring (bicyclic) bond motifs is 1. The van der Waals surface area contributed by atoms with Gasteiger partial charge in [0.1, 0.15) is 0 Å². The number of benzene rings is 2. The van der Waals surface area contributed by atoms with Crippen LogP contribution in [0.15, 0.2) is 64.6 Å². The maximum Gasteiger partial charge on any atom is 0.365 e. The molecule has 4 rings (SSSR count). The Kier molecular flexibility index (Phi) is 3.90. The van der Waals surface area contributed by atoms with Gasteiger partial charge in [-0.05, 0) is 43.0 Å². The molecule has 0 radical (unpaired) electrons. The summed E-state index contributed by atoms with van der Waals surface area (Å²) in [6.07, 6.45) is 0. The summed E-state index contributed by atoms with van der Waals surface area (Å²) in [5.74, 6) is -0.390. The fourth-order valence-electron chi connectivity index (χ4n) is 2.57. The van der Waals surface area contributed by atoms with Crippen LogP contribution < -0.4 is 10.3 Å². The second-order valence-corrected chi connectivity index (χ2v) is 7.85. The molecule has 0 aromatic heterocycles. The average Bonchev–Trinajstić information content (AvgIpc) is 3.16. The van der Waals surface area contributed by atoms with E-state index in [1.165, 1.54) is 11.8 Å². The minimum absolute atomic E-state index is 0.331. The lowest BCUT2D eigenvalue weighted by molar-refractivity contribution is -0.134. The zero-order chi connectivity index (χ0) is 16.6. The highest BCUT2D eigenvalue weighted by Gasteiger charge is 2.51. The molecule has 0 bridgehead atoms. The second kappa shape index (κ2) is 6.07. The van der Waals surface area contributed by atoms with Crippen molar-refractivity contribution in [1.82, 2.24) is 0 Å². The minimum Gasteiger partial charge on any atom is -0.461 e.